The summed E-state index contributed by atoms with van der Waals surface area (Å²) in [6.07, 6.45) is 6.68. The smallest absolute Gasteiger partial charge is 0.209 e. The van der Waals surface area contributed by atoms with Crippen LogP contribution in [-0.2, 0) is 19.5 Å². The Labute approximate surface area is 139 Å². The van der Waals surface area contributed by atoms with Gasteiger partial charge in [-0.1, -0.05) is 0 Å². The number of nitrogens with one attached hydrogen (secondary N) is 1. The van der Waals surface area contributed by atoms with Crippen LogP contribution in [0.25, 0.3) is 0 Å². The number of nitrogens with zero attached hydrogens (tertiary/aromatic N) is 1. The Morgan fingerprint density at radius 2 is 1.78 bits per heavy atom. The van der Waals surface area contributed by atoms with Crippen LogP contribution in [0.5, 0.6) is 0 Å². The quantitative estimate of drug-likeness (QED) is 0.817. The zero-order chi connectivity index (χ0) is 16.3. The Bertz CT molecular complexity index is 482. The minimum Gasteiger partial charge on any atom is -0.381 e. The maximum absolute atomic E-state index is 11.7. The van der Waals surface area contributed by atoms with E-state index < -0.39 is 10.0 Å². The standard InChI is InChI=1S/C16H30N2O4S/c1-23(19,20)17-15-13-22-11-6-16(15)4-7-18(8-5-16)12-14-2-9-21-10-3-14/h14-15,17H,2-13H2,1H3. The van der Waals surface area contributed by atoms with Crippen molar-refractivity contribution in [3.63, 3.8) is 0 Å². The molecule has 0 radical (unpaired) electrons. The van der Waals surface area contributed by atoms with E-state index in [0.29, 0.717) is 6.61 Å². The summed E-state index contributed by atoms with van der Waals surface area (Å²) in [6, 6.07) is -0.0727. The predicted octanol–water partition coefficient (Wildman–Crippen LogP) is 0.833. The summed E-state index contributed by atoms with van der Waals surface area (Å²) in [5, 5.41) is 0. The molecule has 134 valence electrons. The third kappa shape index (κ3) is 4.66. The molecule has 3 fully saturated rings. The van der Waals surface area contributed by atoms with Crippen molar-refractivity contribution in [2.45, 2.75) is 38.1 Å². The first kappa shape index (κ1) is 17.6. The second kappa shape index (κ2) is 7.35. The molecule has 0 amide bonds. The minimum absolute atomic E-state index is 0.0727. The first-order valence-corrected chi connectivity index (χ1v) is 10.7. The second-order valence-electron chi connectivity index (χ2n) is 7.49. The molecule has 23 heavy (non-hydrogen) atoms. The zero-order valence-electron chi connectivity index (χ0n) is 14.1. The number of rotatable bonds is 4. The van der Waals surface area contributed by atoms with Crippen LogP contribution in [0.1, 0.15) is 32.1 Å². The van der Waals surface area contributed by atoms with Gasteiger partial charge >= 0.3 is 0 Å². The summed E-state index contributed by atoms with van der Waals surface area (Å²) in [5.74, 6) is 0.762. The van der Waals surface area contributed by atoms with Crippen LogP contribution < -0.4 is 4.72 Å². The van der Waals surface area contributed by atoms with Gasteiger partial charge in [0.1, 0.15) is 0 Å². The fourth-order valence-corrected chi connectivity index (χ4v) is 5.15. The molecule has 3 aliphatic heterocycles. The average Bonchev–Trinajstić information content (AvgIpc) is 2.52. The second-order valence-corrected chi connectivity index (χ2v) is 9.27. The van der Waals surface area contributed by atoms with Gasteiger partial charge in [0.25, 0.3) is 0 Å². The zero-order valence-corrected chi connectivity index (χ0v) is 14.9. The Kier molecular flexibility index (Phi) is 5.63. The van der Waals surface area contributed by atoms with E-state index in [0.717, 1.165) is 58.1 Å². The van der Waals surface area contributed by atoms with E-state index >= 15 is 0 Å². The highest BCUT2D eigenvalue weighted by molar-refractivity contribution is 7.88. The van der Waals surface area contributed by atoms with Gasteiger partial charge in [-0.2, -0.15) is 0 Å². The molecule has 3 heterocycles. The SMILES string of the molecule is CS(=O)(=O)NC1COCCC12CCN(CC1CCOCC1)CC2. The largest absolute Gasteiger partial charge is 0.381 e. The summed E-state index contributed by atoms with van der Waals surface area (Å²) in [6.45, 7) is 6.37. The van der Waals surface area contributed by atoms with E-state index in [1.807, 2.05) is 0 Å². The van der Waals surface area contributed by atoms with Gasteiger partial charge in [0.05, 0.1) is 18.9 Å². The maximum atomic E-state index is 11.7. The van der Waals surface area contributed by atoms with Crippen LogP contribution in [0.4, 0.5) is 0 Å². The van der Waals surface area contributed by atoms with Crippen LogP contribution in [-0.4, -0.2) is 71.7 Å². The average molecular weight is 346 g/mol. The molecule has 0 aromatic heterocycles. The highest BCUT2D eigenvalue weighted by Gasteiger charge is 2.44. The number of ether oxygens (including phenoxy) is 2. The first-order valence-electron chi connectivity index (χ1n) is 8.82. The van der Waals surface area contributed by atoms with Crippen LogP contribution in [0.15, 0.2) is 0 Å². The van der Waals surface area contributed by atoms with Crippen LogP contribution >= 0.6 is 0 Å². The molecule has 1 unspecified atom stereocenters. The number of likely N-dealkylation sites (tertiary alicyclic amines) is 1. The molecular weight excluding hydrogens is 316 g/mol. The van der Waals surface area contributed by atoms with Crippen LogP contribution in [0.2, 0.25) is 0 Å². The Morgan fingerprint density at radius 3 is 2.43 bits per heavy atom. The molecule has 1 atom stereocenters. The van der Waals surface area contributed by atoms with E-state index in [1.165, 1.54) is 25.6 Å². The summed E-state index contributed by atoms with van der Waals surface area (Å²) in [4.78, 5) is 2.56. The van der Waals surface area contributed by atoms with Crippen molar-refractivity contribution in [3.05, 3.63) is 0 Å². The van der Waals surface area contributed by atoms with Crippen molar-refractivity contribution in [3.8, 4) is 0 Å². The first-order chi connectivity index (χ1) is 11.0. The molecule has 3 saturated heterocycles. The van der Waals surface area contributed by atoms with E-state index in [-0.39, 0.29) is 11.5 Å². The molecular formula is C16H30N2O4S. The molecule has 7 heteroatoms. The molecule has 0 saturated carbocycles. The molecule has 0 aromatic rings. The van der Waals surface area contributed by atoms with Gasteiger partial charge in [0.2, 0.25) is 10.0 Å². The van der Waals surface area contributed by atoms with Crippen molar-refractivity contribution < 1.29 is 17.9 Å². The fraction of sp³-hybridized carbons (Fsp3) is 1.00. The molecule has 0 aromatic carbocycles. The van der Waals surface area contributed by atoms with E-state index in [9.17, 15) is 8.42 Å². The minimum atomic E-state index is -3.19. The lowest BCUT2D eigenvalue weighted by atomic mass is 9.69. The summed E-state index contributed by atoms with van der Waals surface area (Å²) in [7, 11) is -3.19. The third-order valence-electron chi connectivity index (χ3n) is 5.83. The Morgan fingerprint density at radius 1 is 1.09 bits per heavy atom. The van der Waals surface area contributed by atoms with Crippen molar-refractivity contribution >= 4 is 10.0 Å². The lowest BCUT2D eigenvalue weighted by molar-refractivity contribution is -0.0475. The number of hydrogen-bond acceptors (Lipinski definition) is 5. The monoisotopic (exact) mass is 346 g/mol. The maximum Gasteiger partial charge on any atom is 0.209 e. The molecule has 1 spiro atoms. The van der Waals surface area contributed by atoms with Gasteiger partial charge in [0, 0.05) is 26.4 Å². The van der Waals surface area contributed by atoms with Crippen LogP contribution in [0.3, 0.4) is 0 Å². The lowest BCUT2D eigenvalue weighted by Crippen LogP contribution is -2.57. The summed E-state index contributed by atoms with van der Waals surface area (Å²) < 4.78 is 37.1. The van der Waals surface area contributed by atoms with Crippen LogP contribution in [0, 0.1) is 11.3 Å². The Balaban J connectivity index is 1.56. The molecule has 6 nitrogen and oxygen atoms in total. The summed E-state index contributed by atoms with van der Waals surface area (Å²) in [5.41, 5.74) is 0.0769. The van der Waals surface area contributed by atoms with Gasteiger partial charge in [-0.3, -0.25) is 0 Å². The van der Waals surface area contributed by atoms with Gasteiger partial charge < -0.3 is 14.4 Å². The van der Waals surface area contributed by atoms with Crippen molar-refractivity contribution in [1.82, 2.24) is 9.62 Å². The van der Waals surface area contributed by atoms with Crippen molar-refractivity contribution in [2.75, 3.05) is 52.3 Å². The summed E-state index contributed by atoms with van der Waals surface area (Å²) >= 11 is 0. The Hall–Kier alpha value is -0.210. The van der Waals surface area contributed by atoms with Gasteiger partial charge in [-0.15, -0.1) is 0 Å². The van der Waals surface area contributed by atoms with Gasteiger partial charge in [-0.05, 0) is 56.5 Å². The molecule has 1 N–H and O–H groups in total. The fourth-order valence-electron chi connectivity index (χ4n) is 4.32. The normalized spacial score (nSPS) is 30.6. The molecule has 0 aliphatic carbocycles. The van der Waals surface area contributed by atoms with E-state index in [1.54, 1.807) is 0 Å². The van der Waals surface area contributed by atoms with Crippen molar-refractivity contribution in [2.24, 2.45) is 11.3 Å². The number of hydrogen-bond donors (Lipinski definition) is 1. The number of sulfonamides is 1. The highest BCUT2D eigenvalue weighted by atomic mass is 32.2. The van der Waals surface area contributed by atoms with Gasteiger partial charge in [-0.25, -0.2) is 13.1 Å². The molecule has 3 rings (SSSR count). The topological polar surface area (TPSA) is 67.9 Å². The number of piperidine rings is 1. The van der Waals surface area contributed by atoms with Crippen molar-refractivity contribution in [1.29, 1.82) is 0 Å². The van der Waals surface area contributed by atoms with E-state index in [4.69, 9.17) is 9.47 Å². The molecule has 0 bridgehead atoms. The molecule has 3 aliphatic rings. The predicted molar refractivity (Wildman–Crippen MR) is 88.9 cm³/mol. The lowest BCUT2D eigenvalue weighted by Gasteiger charge is -2.49. The third-order valence-corrected chi connectivity index (χ3v) is 6.55. The van der Waals surface area contributed by atoms with Gasteiger partial charge in [0.15, 0.2) is 0 Å². The highest BCUT2D eigenvalue weighted by Crippen LogP contribution is 2.41. The van der Waals surface area contributed by atoms with E-state index in [2.05, 4.69) is 9.62 Å².